The molecule has 1 fully saturated rings. The third kappa shape index (κ3) is 3.82. The van der Waals surface area contributed by atoms with Crippen molar-refractivity contribution in [1.29, 1.82) is 0 Å². The summed E-state index contributed by atoms with van der Waals surface area (Å²) in [7, 11) is -3.28. The predicted octanol–water partition coefficient (Wildman–Crippen LogP) is 3.15. The number of carbonyl (C=O) groups excluding carboxylic acids is 1. The Bertz CT molecular complexity index is 809. The van der Waals surface area contributed by atoms with E-state index in [1.165, 1.54) is 6.26 Å². The maximum absolute atomic E-state index is 12.5. The molecule has 0 N–H and O–H groups in total. The van der Waals surface area contributed by atoms with E-state index >= 15 is 0 Å². The molecule has 128 valence electrons. The Labute approximate surface area is 146 Å². The molecular weight excluding hydrogens is 350 g/mol. The fourth-order valence-electron chi connectivity index (χ4n) is 2.93. The fourth-order valence-corrected chi connectivity index (χ4v) is 4.85. The SMILES string of the molecule is O=C(c1cccc(Cl)c1)N1CCC(S(=O)(=O)Cc2ccco2)CC1. The van der Waals surface area contributed by atoms with Crippen LogP contribution in [0.5, 0.6) is 0 Å². The van der Waals surface area contributed by atoms with Crippen LogP contribution in [0.3, 0.4) is 0 Å². The second kappa shape index (κ2) is 6.99. The minimum Gasteiger partial charge on any atom is -0.468 e. The van der Waals surface area contributed by atoms with Crippen molar-refractivity contribution in [2.45, 2.75) is 23.8 Å². The first-order chi connectivity index (χ1) is 11.5. The Balaban J connectivity index is 1.62. The van der Waals surface area contributed by atoms with E-state index in [1.54, 1.807) is 41.3 Å². The minimum atomic E-state index is -3.28. The Kier molecular flexibility index (Phi) is 4.96. The highest BCUT2D eigenvalue weighted by Crippen LogP contribution is 2.23. The zero-order chi connectivity index (χ0) is 17.2. The van der Waals surface area contributed by atoms with Crippen molar-refractivity contribution in [2.75, 3.05) is 13.1 Å². The van der Waals surface area contributed by atoms with Gasteiger partial charge in [-0.3, -0.25) is 4.79 Å². The van der Waals surface area contributed by atoms with Crippen molar-refractivity contribution in [1.82, 2.24) is 4.90 Å². The van der Waals surface area contributed by atoms with Gasteiger partial charge in [-0.2, -0.15) is 0 Å². The highest BCUT2D eigenvalue weighted by atomic mass is 35.5. The highest BCUT2D eigenvalue weighted by Gasteiger charge is 2.32. The van der Waals surface area contributed by atoms with E-state index in [0.29, 0.717) is 42.3 Å². The summed E-state index contributed by atoms with van der Waals surface area (Å²) in [5.74, 6) is 0.249. The maximum Gasteiger partial charge on any atom is 0.253 e. The van der Waals surface area contributed by atoms with Gasteiger partial charge in [-0.1, -0.05) is 17.7 Å². The van der Waals surface area contributed by atoms with Crippen LogP contribution in [0.4, 0.5) is 0 Å². The second-order valence-corrected chi connectivity index (χ2v) is 8.61. The number of benzene rings is 1. The van der Waals surface area contributed by atoms with E-state index in [4.69, 9.17) is 16.0 Å². The summed E-state index contributed by atoms with van der Waals surface area (Å²) >= 11 is 5.92. The molecule has 2 aromatic rings. The minimum absolute atomic E-state index is 0.0904. The number of carbonyl (C=O) groups is 1. The average Bonchev–Trinajstić information content (AvgIpc) is 3.06. The summed E-state index contributed by atoms with van der Waals surface area (Å²) in [6, 6.07) is 10.1. The van der Waals surface area contributed by atoms with Crippen molar-refractivity contribution in [3.63, 3.8) is 0 Å². The molecule has 1 aromatic heterocycles. The standard InChI is InChI=1S/C17H18ClNO4S/c18-14-4-1-3-13(11-14)17(20)19-8-6-16(7-9-19)24(21,22)12-15-5-2-10-23-15/h1-5,10-11,16H,6-9,12H2. The van der Waals surface area contributed by atoms with Crippen molar-refractivity contribution in [2.24, 2.45) is 0 Å². The zero-order valence-electron chi connectivity index (χ0n) is 13.0. The van der Waals surface area contributed by atoms with Crippen molar-refractivity contribution >= 4 is 27.3 Å². The van der Waals surface area contributed by atoms with Gasteiger partial charge in [0.15, 0.2) is 9.84 Å². The lowest BCUT2D eigenvalue weighted by Gasteiger charge is -2.31. The number of sulfone groups is 1. The van der Waals surface area contributed by atoms with E-state index in [9.17, 15) is 13.2 Å². The molecule has 1 amide bonds. The Morgan fingerprint density at radius 3 is 2.58 bits per heavy atom. The first-order valence-corrected chi connectivity index (χ1v) is 9.84. The summed E-state index contributed by atoms with van der Waals surface area (Å²) < 4.78 is 30.1. The van der Waals surface area contributed by atoms with Gasteiger partial charge in [0.2, 0.25) is 0 Å². The van der Waals surface area contributed by atoms with Crippen LogP contribution in [0.1, 0.15) is 29.0 Å². The lowest BCUT2D eigenvalue weighted by molar-refractivity contribution is 0.0725. The molecule has 1 aromatic carbocycles. The summed E-state index contributed by atoms with van der Waals surface area (Å²) in [5, 5.41) is 0.0720. The molecule has 0 aliphatic carbocycles. The zero-order valence-corrected chi connectivity index (χ0v) is 14.6. The van der Waals surface area contributed by atoms with Gasteiger partial charge in [0, 0.05) is 23.7 Å². The molecule has 5 nitrogen and oxygen atoms in total. The van der Waals surface area contributed by atoms with Gasteiger partial charge in [0.25, 0.3) is 5.91 Å². The molecule has 0 atom stereocenters. The van der Waals surface area contributed by atoms with E-state index in [-0.39, 0.29) is 11.7 Å². The number of likely N-dealkylation sites (tertiary alicyclic amines) is 1. The van der Waals surface area contributed by atoms with Crippen LogP contribution in [-0.2, 0) is 15.6 Å². The summed E-state index contributed by atoms with van der Waals surface area (Å²) in [4.78, 5) is 14.2. The summed E-state index contributed by atoms with van der Waals surface area (Å²) in [6.07, 6.45) is 2.35. The Morgan fingerprint density at radius 2 is 1.96 bits per heavy atom. The number of piperidine rings is 1. The highest BCUT2D eigenvalue weighted by molar-refractivity contribution is 7.91. The van der Waals surface area contributed by atoms with Crippen LogP contribution in [0, 0.1) is 0 Å². The molecular formula is C17H18ClNO4S. The van der Waals surface area contributed by atoms with Gasteiger partial charge in [0.05, 0.1) is 11.5 Å². The monoisotopic (exact) mass is 367 g/mol. The Hall–Kier alpha value is -1.79. The molecule has 1 saturated heterocycles. The van der Waals surface area contributed by atoms with E-state index < -0.39 is 15.1 Å². The third-order valence-corrected chi connectivity index (χ3v) is 6.64. The van der Waals surface area contributed by atoms with Crippen LogP contribution in [0.2, 0.25) is 5.02 Å². The molecule has 3 rings (SSSR count). The van der Waals surface area contributed by atoms with Gasteiger partial charge in [0.1, 0.15) is 11.5 Å². The third-order valence-electron chi connectivity index (χ3n) is 4.23. The number of nitrogens with zero attached hydrogens (tertiary/aromatic N) is 1. The van der Waals surface area contributed by atoms with Crippen molar-refractivity contribution < 1.29 is 17.6 Å². The van der Waals surface area contributed by atoms with Crippen LogP contribution in [0.15, 0.2) is 47.1 Å². The van der Waals surface area contributed by atoms with Crippen LogP contribution >= 0.6 is 11.6 Å². The molecule has 0 unspecified atom stereocenters. The number of hydrogen-bond acceptors (Lipinski definition) is 4. The molecule has 0 saturated carbocycles. The lowest BCUT2D eigenvalue weighted by Crippen LogP contribution is -2.42. The van der Waals surface area contributed by atoms with Gasteiger partial charge in [-0.05, 0) is 43.2 Å². The number of furan rings is 1. The first kappa shape index (κ1) is 17.0. The second-order valence-electron chi connectivity index (χ2n) is 5.89. The quantitative estimate of drug-likeness (QED) is 0.832. The fraction of sp³-hybridized carbons (Fsp3) is 0.353. The molecule has 0 spiro atoms. The van der Waals surface area contributed by atoms with Crippen LogP contribution in [-0.4, -0.2) is 37.6 Å². The normalized spacial score (nSPS) is 16.3. The van der Waals surface area contributed by atoms with Gasteiger partial charge < -0.3 is 9.32 Å². The van der Waals surface area contributed by atoms with Crippen LogP contribution in [0.25, 0.3) is 0 Å². The summed E-state index contributed by atoms with van der Waals surface area (Å²) in [5.41, 5.74) is 0.527. The van der Waals surface area contributed by atoms with Crippen molar-refractivity contribution in [3.05, 3.63) is 59.0 Å². The molecule has 1 aliphatic rings. The Morgan fingerprint density at radius 1 is 1.21 bits per heavy atom. The largest absolute Gasteiger partial charge is 0.468 e. The molecule has 24 heavy (non-hydrogen) atoms. The van der Waals surface area contributed by atoms with E-state index in [2.05, 4.69) is 0 Å². The number of hydrogen-bond donors (Lipinski definition) is 0. The molecule has 2 heterocycles. The molecule has 0 bridgehead atoms. The number of amides is 1. The molecule has 0 radical (unpaired) electrons. The molecule has 7 heteroatoms. The predicted molar refractivity (Wildman–Crippen MR) is 91.7 cm³/mol. The van der Waals surface area contributed by atoms with Crippen LogP contribution < -0.4 is 0 Å². The van der Waals surface area contributed by atoms with Gasteiger partial charge in [-0.15, -0.1) is 0 Å². The topological polar surface area (TPSA) is 67.6 Å². The van der Waals surface area contributed by atoms with Crippen molar-refractivity contribution in [3.8, 4) is 0 Å². The molecule has 1 aliphatic heterocycles. The number of rotatable bonds is 4. The summed E-state index contributed by atoms with van der Waals surface area (Å²) in [6.45, 7) is 0.848. The van der Waals surface area contributed by atoms with E-state index in [0.717, 1.165) is 0 Å². The van der Waals surface area contributed by atoms with Gasteiger partial charge in [-0.25, -0.2) is 8.42 Å². The van der Waals surface area contributed by atoms with Gasteiger partial charge >= 0.3 is 0 Å². The average molecular weight is 368 g/mol. The first-order valence-electron chi connectivity index (χ1n) is 7.74. The maximum atomic E-state index is 12.5. The van der Waals surface area contributed by atoms with E-state index in [1.807, 2.05) is 0 Å². The lowest BCUT2D eigenvalue weighted by atomic mass is 10.1. The smallest absolute Gasteiger partial charge is 0.253 e. The number of halogens is 1.